The van der Waals surface area contributed by atoms with Crippen molar-refractivity contribution in [3.05, 3.63) is 39.4 Å². The van der Waals surface area contributed by atoms with Crippen LogP contribution in [0.3, 0.4) is 0 Å². The summed E-state index contributed by atoms with van der Waals surface area (Å²) in [6.07, 6.45) is 1.12. The van der Waals surface area contributed by atoms with Crippen LogP contribution >= 0.6 is 11.6 Å². The van der Waals surface area contributed by atoms with Gasteiger partial charge in [-0.25, -0.2) is 4.98 Å². The van der Waals surface area contributed by atoms with Crippen molar-refractivity contribution in [2.24, 2.45) is 17.6 Å². The van der Waals surface area contributed by atoms with Gasteiger partial charge in [-0.15, -0.1) is 0 Å². The number of rotatable bonds is 2. The van der Waals surface area contributed by atoms with Crippen LogP contribution in [0.1, 0.15) is 17.5 Å². The number of aliphatic hydroxyl groups excluding tert-OH is 2. The average Bonchev–Trinajstić information content (AvgIpc) is 2.67. The van der Waals surface area contributed by atoms with Gasteiger partial charge in [0.15, 0.2) is 11.4 Å². The van der Waals surface area contributed by atoms with E-state index < -0.39 is 63.8 Å². The molecule has 0 bridgehead atoms. The fourth-order valence-electron chi connectivity index (χ4n) is 5.10. The molecule has 31 heavy (non-hydrogen) atoms. The molecule has 164 valence electrons. The highest BCUT2D eigenvalue weighted by Gasteiger charge is 2.64. The first kappa shape index (κ1) is 21.3. The highest BCUT2D eigenvalue weighted by atomic mass is 35.5. The summed E-state index contributed by atoms with van der Waals surface area (Å²) in [5, 5.41) is 43.2. The summed E-state index contributed by atoms with van der Waals surface area (Å²) < 4.78 is 0. The molecule has 4 rings (SSSR count). The lowest BCUT2D eigenvalue weighted by Crippen LogP contribution is -2.65. The molecule has 0 aromatic carbocycles. The molecule has 1 fully saturated rings. The van der Waals surface area contributed by atoms with E-state index in [1.54, 1.807) is 0 Å². The van der Waals surface area contributed by atoms with Gasteiger partial charge in [-0.1, -0.05) is 11.6 Å². The normalized spacial score (nSPS) is 30.3. The van der Waals surface area contributed by atoms with Crippen LogP contribution < -0.4 is 5.73 Å². The largest absolute Gasteiger partial charge is 0.508 e. The van der Waals surface area contributed by atoms with E-state index in [1.807, 2.05) is 0 Å². The van der Waals surface area contributed by atoms with Gasteiger partial charge in [0.2, 0.25) is 5.78 Å². The number of carbonyl (C=O) groups is 3. The fraction of sp³-hybridized carbons (Fsp3) is 0.400. The Hall–Kier alpha value is -2.95. The van der Waals surface area contributed by atoms with Gasteiger partial charge < -0.3 is 26.2 Å². The predicted octanol–water partition coefficient (Wildman–Crippen LogP) is 0.0124. The number of aliphatic hydroxyl groups is 3. The summed E-state index contributed by atoms with van der Waals surface area (Å²) in [7, 11) is 3.07. The Morgan fingerprint density at radius 1 is 1.29 bits per heavy atom. The van der Waals surface area contributed by atoms with E-state index >= 15 is 0 Å². The van der Waals surface area contributed by atoms with Crippen molar-refractivity contribution in [3.63, 3.8) is 0 Å². The number of ketones is 2. The smallest absolute Gasteiger partial charge is 0.255 e. The number of primary amides is 1. The number of halogens is 1. The highest BCUT2D eigenvalue weighted by Crippen LogP contribution is 2.52. The molecule has 6 N–H and O–H groups in total. The lowest BCUT2D eigenvalue weighted by Gasteiger charge is -2.50. The van der Waals surface area contributed by atoms with Crippen molar-refractivity contribution in [2.45, 2.75) is 24.5 Å². The minimum absolute atomic E-state index is 0.00224. The number of nitrogens with zero attached hydrogens (tertiary/aromatic N) is 2. The number of hydrogen-bond donors (Lipinski definition) is 5. The molecule has 0 saturated heterocycles. The third-order valence-corrected chi connectivity index (χ3v) is 6.75. The molecule has 0 radical (unpaired) electrons. The Labute approximate surface area is 181 Å². The van der Waals surface area contributed by atoms with Gasteiger partial charge in [-0.05, 0) is 32.9 Å². The average molecular weight is 450 g/mol. The molecular formula is C20H20ClN3O7. The molecule has 4 atom stereocenters. The zero-order valence-corrected chi connectivity index (χ0v) is 17.3. The van der Waals surface area contributed by atoms with Crippen molar-refractivity contribution in [1.82, 2.24) is 9.88 Å². The minimum Gasteiger partial charge on any atom is -0.508 e. The van der Waals surface area contributed by atoms with E-state index in [0.29, 0.717) is 5.56 Å². The van der Waals surface area contributed by atoms with Crippen molar-refractivity contribution in [3.8, 4) is 5.75 Å². The second-order valence-corrected chi connectivity index (χ2v) is 8.61. The van der Waals surface area contributed by atoms with E-state index in [4.69, 9.17) is 17.3 Å². The van der Waals surface area contributed by atoms with E-state index in [1.165, 1.54) is 19.0 Å². The molecule has 0 unspecified atom stereocenters. The molecule has 1 aromatic rings. The Balaban J connectivity index is 1.99. The summed E-state index contributed by atoms with van der Waals surface area (Å²) in [5.41, 5.74) is 1.76. The van der Waals surface area contributed by atoms with Gasteiger partial charge in [0.05, 0.1) is 17.8 Å². The second kappa shape index (κ2) is 6.78. The first-order chi connectivity index (χ1) is 14.4. The zero-order chi connectivity index (χ0) is 23.0. The molecule has 3 aliphatic rings. The fourth-order valence-corrected chi connectivity index (χ4v) is 5.32. The van der Waals surface area contributed by atoms with Crippen LogP contribution in [0.5, 0.6) is 5.75 Å². The molecule has 1 heterocycles. The zero-order valence-electron chi connectivity index (χ0n) is 16.6. The van der Waals surface area contributed by atoms with E-state index in [2.05, 4.69) is 4.98 Å². The van der Waals surface area contributed by atoms with Crippen molar-refractivity contribution in [1.29, 1.82) is 0 Å². The number of aromatic hydroxyl groups is 1. The minimum atomic E-state index is -2.66. The molecule has 0 aliphatic heterocycles. The second-order valence-electron chi connectivity index (χ2n) is 8.25. The van der Waals surface area contributed by atoms with Crippen molar-refractivity contribution in [2.75, 3.05) is 14.1 Å². The molecule has 0 spiro atoms. The van der Waals surface area contributed by atoms with E-state index in [9.17, 15) is 34.8 Å². The Bertz CT molecular complexity index is 1130. The van der Waals surface area contributed by atoms with Gasteiger partial charge in [0.25, 0.3) is 5.91 Å². The Morgan fingerprint density at radius 2 is 1.94 bits per heavy atom. The molecule has 3 aliphatic carbocycles. The number of hydrogen-bond acceptors (Lipinski definition) is 9. The first-order valence-electron chi connectivity index (χ1n) is 9.44. The maximum absolute atomic E-state index is 13.5. The van der Waals surface area contributed by atoms with Gasteiger partial charge in [0.1, 0.15) is 28.0 Å². The number of aromatic nitrogens is 1. The topological polar surface area (TPSA) is 174 Å². The van der Waals surface area contributed by atoms with Gasteiger partial charge >= 0.3 is 0 Å². The SMILES string of the molecule is CN(C)[C@@H]1C(=O)C(C(N)=O)=C(O)[C@@]2(O)C(=O)C3=C(O)c4c(O)cnc(Cl)c4C[C@H]3C[C@@H]12. The van der Waals surface area contributed by atoms with Crippen molar-refractivity contribution >= 4 is 34.8 Å². The van der Waals surface area contributed by atoms with Crippen LogP contribution in [0.4, 0.5) is 0 Å². The maximum atomic E-state index is 13.5. The Kier molecular flexibility index (Phi) is 4.65. The summed E-state index contributed by atoms with van der Waals surface area (Å²) in [5.74, 6) is -7.09. The van der Waals surface area contributed by atoms with Crippen LogP contribution in [-0.2, 0) is 20.8 Å². The molecule has 10 nitrogen and oxygen atoms in total. The van der Waals surface area contributed by atoms with E-state index in [-0.39, 0.29) is 29.1 Å². The summed E-state index contributed by atoms with van der Waals surface area (Å²) >= 11 is 6.14. The third-order valence-electron chi connectivity index (χ3n) is 6.42. The monoisotopic (exact) mass is 449 g/mol. The van der Waals surface area contributed by atoms with Gasteiger partial charge in [-0.2, -0.15) is 0 Å². The molecule has 1 saturated carbocycles. The van der Waals surface area contributed by atoms with Crippen LogP contribution in [0, 0.1) is 11.8 Å². The van der Waals surface area contributed by atoms with Crippen LogP contribution in [0.25, 0.3) is 5.76 Å². The highest BCUT2D eigenvalue weighted by molar-refractivity contribution is 6.30. The molecule has 11 heteroatoms. The third kappa shape index (κ3) is 2.65. The van der Waals surface area contributed by atoms with Gasteiger partial charge in [-0.3, -0.25) is 19.3 Å². The van der Waals surface area contributed by atoms with Crippen LogP contribution in [0.15, 0.2) is 23.1 Å². The number of fused-ring (bicyclic) bond motifs is 3. The number of pyridine rings is 1. The standard InChI is InChI=1S/C20H20ClN3O7/c1-24(2)13-8-4-6-3-7-11(9(25)5-23-18(7)21)14(26)10(6)16(28)20(8,31)17(29)12(15(13)27)19(22)30/h5-6,8,13,25-26,29,31H,3-4H2,1-2H3,(H2,22,30)/t6-,8-,13-,20-/m0/s1. The number of carbonyl (C=O) groups excluding carboxylic acids is 3. The lowest BCUT2D eigenvalue weighted by molar-refractivity contribution is -0.153. The molecule has 1 aromatic heterocycles. The van der Waals surface area contributed by atoms with Crippen LogP contribution in [-0.4, -0.2) is 73.5 Å². The first-order valence-corrected chi connectivity index (χ1v) is 9.81. The summed E-state index contributed by atoms with van der Waals surface area (Å²) in [6, 6.07) is -1.13. The summed E-state index contributed by atoms with van der Waals surface area (Å²) in [4.78, 5) is 43.6. The quantitative estimate of drug-likeness (QED) is 0.307. The lowest BCUT2D eigenvalue weighted by atomic mass is 9.57. The van der Waals surface area contributed by atoms with Crippen molar-refractivity contribution < 1.29 is 34.8 Å². The number of Topliss-reactive ketones (excluding diaryl/α,β-unsaturated/α-hetero) is 2. The Morgan fingerprint density at radius 3 is 2.52 bits per heavy atom. The molecular weight excluding hydrogens is 430 g/mol. The summed E-state index contributed by atoms with van der Waals surface area (Å²) in [6.45, 7) is 0. The number of amides is 1. The predicted molar refractivity (Wildman–Crippen MR) is 107 cm³/mol. The molecule has 1 amide bonds. The van der Waals surface area contributed by atoms with Gasteiger partial charge in [0, 0.05) is 17.1 Å². The number of nitrogens with two attached hydrogens (primary N) is 1. The number of likely N-dealkylation sites (N-methyl/N-ethyl adjacent to an activating group) is 1. The maximum Gasteiger partial charge on any atom is 0.255 e. The van der Waals surface area contributed by atoms with Crippen LogP contribution in [0.2, 0.25) is 5.15 Å². The van der Waals surface area contributed by atoms with E-state index in [0.717, 1.165) is 6.20 Å².